The number of rotatable bonds is 8. The van der Waals surface area contributed by atoms with Crippen molar-refractivity contribution < 1.29 is 4.74 Å². The Morgan fingerprint density at radius 2 is 2.21 bits per heavy atom. The summed E-state index contributed by atoms with van der Waals surface area (Å²) in [5.74, 6) is 1.30. The second-order valence-electron chi connectivity index (χ2n) is 3.84. The van der Waals surface area contributed by atoms with E-state index in [1.165, 1.54) is 25.0 Å². The first kappa shape index (κ1) is 12.3. The molecule has 1 rings (SSSR count). The third-order valence-electron chi connectivity index (χ3n) is 2.64. The van der Waals surface area contributed by atoms with Crippen LogP contribution in [0.2, 0.25) is 0 Å². The highest BCUT2D eigenvalue weighted by Gasteiger charge is 2.18. The van der Waals surface area contributed by atoms with Gasteiger partial charge in [0.15, 0.2) is 0 Å². The average Bonchev–Trinajstić information content (AvgIpc) is 2.13. The molecule has 1 aliphatic heterocycles. The molecule has 1 fully saturated rings. The van der Waals surface area contributed by atoms with Crippen molar-refractivity contribution in [2.24, 2.45) is 0 Å². The minimum Gasteiger partial charge on any atom is -0.379 e. The van der Waals surface area contributed by atoms with Crippen molar-refractivity contribution in [1.29, 1.82) is 0 Å². The molecule has 0 spiro atoms. The first-order valence-electron chi connectivity index (χ1n) is 5.79. The summed E-state index contributed by atoms with van der Waals surface area (Å²) >= 11 is 2.08. The average molecular weight is 217 g/mol. The standard InChI is InChI=1S/C11H23NOS/c1-3-10(12-4-2)6-5-7-14-11-8-13-9-11/h10-12H,3-9H2,1-2H3. The topological polar surface area (TPSA) is 21.3 Å². The molecule has 0 aromatic heterocycles. The van der Waals surface area contributed by atoms with Gasteiger partial charge in [-0.1, -0.05) is 13.8 Å². The molecule has 0 radical (unpaired) electrons. The second kappa shape index (κ2) is 7.55. The zero-order valence-electron chi connectivity index (χ0n) is 9.42. The predicted octanol–water partition coefficient (Wildman–Crippen LogP) is 2.29. The van der Waals surface area contributed by atoms with Crippen molar-refractivity contribution >= 4 is 11.8 Å². The van der Waals surface area contributed by atoms with E-state index in [1.807, 2.05) is 0 Å². The van der Waals surface area contributed by atoms with Crippen LogP contribution in [0.3, 0.4) is 0 Å². The monoisotopic (exact) mass is 217 g/mol. The number of hydrogen-bond acceptors (Lipinski definition) is 3. The molecule has 0 saturated carbocycles. The summed E-state index contributed by atoms with van der Waals surface area (Å²) in [5, 5.41) is 4.31. The Bertz CT molecular complexity index is 139. The third kappa shape index (κ3) is 4.67. The maximum atomic E-state index is 5.14. The number of thioether (sulfide) groups is 1. The summed E-state index contributed by atoms with van der Waals surface area (Å²) < 4.78 is 5.14. The van der Waals surface area contributed by atoms with Gasteiger partial charge in [-0.15, -0.1) is 0 Å². The molecule has 0 amide bonds. The SMILES string of the molecule is CCNC(CC)CCCSC1COC1. The van der Waals surface area contributed by atoms with Crippen molar-refractivity contribution in [1.82, 2.24) is 5.32 Å². The fourth-order valence-electron chi connectivity index (χ4n) is 1.63. The van der Waals surface area contributed by atoms with Crippen molar-refractivity contribution in [3.63, 3.8) is 0 Å². The van der Waals surface area contributed by atoms with Crippen LogP contribution in [0.4, 0.5) is 0 Å². The van der Waals surface area contributed by atoms with Gasteiger partial charge in [-0.2, -0.15) is 11.8 Å². The maximum Gasteiger partial charge on any atom is 0.0607 e. The molecular formula is C11H23NOS. The summed E-state index contributed by atoms with van der Waals surface area (Å²) in [6, 6.07) is 0.734. The van der Waals surface area contributed by atoms with E-state index in [2.05, 4.69) is 30.9 Å². The fraction of sp³-hybridized carbons (Fsp3) is 1.00. The van der Waals surface area contributed by atoms with Gasteiger partial charge in [0, 0.05) is 6.04 Å². The van der Waals surface area contributed by atoms with Gasteiger partial charge in [-0.25, -0.2) is 0 Å². The Hall–Kier alpha value is 0.270. The molecule has 14 heavy (non-hydrogen) atoms. The summed E-state index contributed by atoms with van der Waals surface area (Å²) in [6.07, 6.45) is 3.92. The van der Waals surface area contributed by atoms with Crippen LogP contribution in [0.15, 0.2) is 0 Å². The molecule has 3 heteroatoms. The summed E-state index contributed by atoms with van der Waals surface area (Å²) in [7, 11) is 0. The third-order valence-corrected chi connectivity index (χ3v) is 3.91. The fourth-order valence-corrected chi connectivity index (χ4v) is 2.68. The van der Waals surface area contributed by atoms with Crippen LogP contribution in [0.25, 0.3) is 0 Å². The zero-order chi connectivity index (χ0) is 10.2. The lowest BCUT2D eigenvalue weighted by molar-refractivity contribution is 0.0455. The van der Waals surface area contributed by atoms with Gasteiger partial charge in [0.05, 0.1) is 18.5 Å². The first-order valence-corrected chi connectivity index (χ1v) is 6.84. The van der Waals surface area contributed by atoms with Crippen LogP contribution in [-0.2, 0) is 4.74 Å². The van der Waals surface area contributed by atoms with E-state index in [0.29, 0.717) is 0 Å². The highest BCUT2D eigenvalue weighted by molar-refractivity contribution is 8.00. The van der Waals surface area contributed by atoms with Gasteiger partial charge in [-0.3, -0.25) is 0 Å². The van der Waals surface area contributed by atoms with Crippen LogP contribution in [0.5, 0.6) is 0 Å². The van der Waals surface area contributed by atoms with Gasteiger partial charge < -0.3 is 10.1 Å². The van der Waals surface area contributed by atoms with Crippen LogP contribution in [-0.4, -0.2) is 36.8 Å². The van der Waals surface area contributed by atoms with E-state index in [-0.39, 0.29) is 0 Å². The highest BCUT2D eigenvalue weighted by atomic mass is 32.2. The smallest absolute Gasteiger partial charge is 0.0607 e. The van der Waals surface area contributed by atoms with E-state index >= 15 is 0 Å². The maximum absolute atomic E-state index is 5.14. The van der Waals surface area contributed by atoms with Crippen molar-refractivity contribution in [3.8, 4) is 0 Å². The lowest BCUT2D eigenvalue weighted by Gasteiger charge is -2.25. The van der Waals surface area contributed by atoms with Crippen LogP contribution >= 0.6 is 11.8 Å². The second-order valence-corrected chi connectivity index (χ2v) is 5.24. The number of nitrogens with one attached hydrogen (secondary N) is 1. The summed E-state index contributed by atoms with van der Waals surface area (Å²) in [4.78, 5) is 0. The van der Waals surface area contributed by atoms with E-state index in [9.17, 15) is 0 Å². The molecule has 0 aromatic rings. The largest absolute Gasteiger partial charge is 0.379 e. The summed E-state index contributed by atoms with van der Waals surface area (Å²) in [6.45, 7) is 7.51. The number of hydrogen-bond donors (Lipinski definition) is 1. The van der Waals surface area contributed by atoms with Gasteiger partial charge in [0.25, 0.3) is 0 Å². The normalized spacial score (nSPS) is 19.3. The molecule has 1 aliphatic rings. The molecule has 0 bridgehead atoms. The summed E-state index contributed by atoms with van der Waals surface area (Å²) in [5.41, 5.74) is 0. The van der Waals surface area contributed by atoms with E-state index in [0.717, 1.165) is 31.1 Å². The Morgan fingerprint density at radius 1 is 1.43 bits per heavy atom. The predicted molar refractivity (Wildman–Crippen MR) is 64.1 cm³/mol. The van der Waals surface area contributed by atoms with Gasteiger partial charge >= 0.3 is 0 Å². The van der Waals surface area contributed by atoms with Crippen molar-refractivity contribution in [3.05, 3.63) is 0 Å². The minimum absolute atomic E-state index is 0.734. The van der Waals surface area contributed by atoms with Crippen LogP contribution in [0, 0.1) is 0 Å². The van der Waals surface area contributed by atoms with Crippen molar-refractivity contribution in [2.75, 3.05) is 25.5 Å². The molecule has 0 aromatic carbocycles. The quantitative estimate of drug-likeness (QED) is 0.630. The van der Waals surface area contributed by atoms with Gasteiger partial charge in [-0.05, 0) is 31.6 Å². The van der Waals surface area contributed by atoms with Crippen LogP contribution in [0.1, 0.15) is 33.1 Å². The molecular weight excluding hydrogens is 194 g/mol. The lowest BCUT2D eigenvalue weighted by Crippen LogP contribution is -2.31. The zero-order valence-corrected chi connectivity index (χ0v) is 10.2. The Morgan fingerprint density at radius 3 is 2.71 bits per heavy atom. The Labute approximate surface area is 92.2 Å². The van der Waals surface area contributed by atoms with Gasteiger partial charge in [0.2, 0.25) is 0 Å². The van der Waals surface area contributed by atoms with Crippen LogP contribution < -0.4 is 5.32 Å². The molecule has 2 nitrogen and oxygen atoms in total. The molecule has 1 N–H and O–H groups in total. The molecule has 84 valence electrons. The molecule has 1 heterocycles. The minimum atomic E-state index is 0.734. The van der Waals surface area contributed by atoms with E-state index in [1.54, 1.807) is 0 Å². The van der Waals surface area contributed by atoms with Crippen molar-refractivity contribution in [2.45, 2.75) is 44.4 Å². The molecule has 1 saturated heterocycles. The lowest BCUT2D eigenvalue weighted by atomic mass is 10.1. The molecule has 1 atom stereocenters. The van der Waals surface area contributed by atoms with E-state index < -0.39 is 0 Å². The Balaban J connectivity index is 1.89. The Kier molecular flexibility index (Phi) is 6.65. The molecule has 1 unspecified atom stereocenters. The highest BCUT2D eigenvalue weighted by Crippen LogP contribution is 2.20. The number of ether oxygens (including phenoxy) is 1. The first-order chi connectivity index (χ1) is 6.86. The van der Waals surface area contributed by atoms with E-state index in [4.69, 9.17) is 4.74 Å². The molecule has 0 aliphatic carbocycles. The van der Waals surface area contributed by atoms with Gasteiger partial charge in [0.1, 0.15) is 0 Å².